The highest BCUT2D eigenvalue weighted by Crippen LogP contribution is 2.41. The average Bonchev–Trinajstić information content (AvgIpc) is 2.94. The van der Waals surface area contributed by atoms with Gasteiger partial charge in [-0.3, -0.25) is 9.59 Å². The number of para-hydroxylation sites is 1. The van der Waals surface area contributed by atoms with E-state index in [1.165, 1.54) is 7.11 Å². The van der Waals surface area contributed by atoms with Gasteiger partial charge in [-0.05, 0) is 63.6 Å². The van der Waals surface area contributed by atoms with Crippen molar-refractivity contribution in [2.75, 3.05) is 18.6 Å². The summed E-state index contributed by atoms with van der Waals surface area (Å²) in [5.74, 6) is 2.86. The fraction of sp³-hybridized carbons (Fsp3) is 0.100. The highest BCUT2D eigenvalue weighted by Gasteiger charge is 2.37. The number of imide groups is 1. The highest BCUT2D eigenvalue weighted by atomic mass is 79.9. The predicted molar refractivity (Wildman–Crippen MR) is 115 cm³/mol. The van der Waals surface area contributed by atoms with Gasteiger partial charge in [0.1, 0.15) is 6.61 Å². The zero-order valence-electron chi connectivity index (χ0n) is 14.6. The number of thioether (sulfide) groups is 1. The molecule has 0 bridgehead atoms. The monoisotopic (exact) mass is 477 g/mol. The molecule has 2 amide bonds. The van der Waals surface area contributed by atoms with E-state index in [1.54, 1.807) is 42.5 Å². The fourth-order valence-corrected chi connectivity index (χ4v) is 4.17. The summed E-state index contributed by atoms with van der Waals surface area (Å²) in [6.45, 7) is 0.0883. The molecule has 3 rings (SSSR count). The maximum atomic E-state index is 12.8. The minimum absolute atomic E-state index is 0.0883. The van der Waals surface area contributed by atoms with Crippen molar-refractivity contribution in [1.82, 2.24) is 0 Å². The van der Waals surface area contributed by atoms with E-state index in [0.29, 0.717) is 32.2 Å². The predicted octanol–water partition coefficient (Wildman–Crippen LogP) is 5.36. The van der Waals surface area contributed by atoms with Gasteiger partial charge in [-0.25, -0.2) is 4.90 Å². The molecule has 2 aromatic carbocycles. The lowest BCUT2D eigenvalue weighted by atomic mass is 10.1. The third kappa shape index (κ3) is 4.04. The zero-order valence-corrected chi connectivity index (χ0v) is 17.7. The van der Waals surface area contributed by atoms with E-state index in [9.17, 15) is 9.59 Å². The van der Waals surface area contributed by atoms with Crippen LogP contribution in [-0.2, 0) is 4.79 Å². The molecule has 5 nitrogen and oxygen atoms in total. The Balaban J connectivity index is 1.95. The van der Waals surface area contributed by atoms with Gasteiger partial charge in [-0.2, -0.15) is 0 Å². The second-order valence-corrected chi connectivity index (χ2v) is 7.75. The number of carbonyl (C=O) groups is 2. The van der Waals surface area contributed by atoms with Crippen LogP contribution >= 0.6 is 39.3 Å². The normalized spacial score (nSPS) is 15.1. The van der Waals surface area contributed by atoms with E-state index >= 15 is 0 Å². The number of nitrogens with zero attached hydrogens (tertiary/aromatic N) is 1. The molecule has 1 heterocycles. The lowest BCUT2D eigenvalue weighted by Gasteiger charge is -2.14. The Morgan fingerprint density at radius 3 is 2.75 bits per heavy atom. The van der Waals surface area contributed by atoms with E-state index in [2.05, 4.69) is 21.9 Å². The zero-order chi connectivity index (χ0) is 20.3. The van der Waals surface area contributed by atoms with Crippen LogP contribution in [0.4, 0.5) is 10.5 Å². The molecular weight excluding hydrogens is 466 g/mol. The molecule has 0 aromatic heterocycles. The van der Waals surface area contributed by atoms with Crippen molar-refractivity contribution in [1.29, 1.82) is 0 Å². The molecule has 0 radical (unpaired) electrons. The number of terminal acetylenes is 1. The second kappa shape index (κ2) is 8.74. The smallest absolute Gasteiger partial charge is 0.298 e. The largest absolute Gasteiger partial charge is 0.493 e. The maximum Gasteiger partial charge on any atom is 0.298 e. The van der Waals surface area contributed by atoms with Crippen molar-refractivity contribution in [2.45, 2.75) is 0 Å². The minimum Gasteiger partial charge on any atom is -0.493 e. The van der Waals surface area contributed by atoms with Crippen molar-refractivity contribution in [3.05, 3.63) is 56.4 Å². The molecule has 1 saturated heterocycles. The standard InChI is InChI=1S/C20H13BrClNO4S/c1-3-8-27-18-13(21)9-12(10-16(18)26-2)11-17-19(24)23(20(25)28-17)15-7-5-4-6-14(15)22/h1,4-7,9-11H,8H2,2H3/b17-11-. The van der Waals surface area contributed by atoms with Gasteiger partial charge in [0.15, 0.2) is 11.5 Å². The Morgan fingerprint density at radius 1 is 1.32 bits per heavy atom. The van der Waals surface area contributed by atoms with Crippen LogP contribution in [0.5, 0.6) is 11.5 Å². The minimum atomic E-state index is -0.439. The summed E-state index contributed by atoms with van der Waals surface area (Å²) >= 11 is 10.4. The quantitative estimate of drug-likeness (QED) is 0.427. The van der Waals surface area contributed by atoms with Gasteiger partial charge in [0, 0.05) is 0 Å². The van der Waals surface area contributed by atoms with E-state index in [4.69, 9.17) is 27.5 Å². The number of methoxy groups -OCH3 is 1. The lowest BCUT2D eigenvalue weighted by molar-refractivity contribution is -0.113. The lowest BCUT2D eigenvalue weighted by Crippen LogP contribution is -2.27. The van der Waals surface area contributed by atoms with Gasteiger partial charge in [0.05, 0.1) is 27.2 Å². The summed E-state index contributed by atoms with van der Waals surface area (Å²) in [4.78, 5) is 26.5. The first-order valence-corrected chi connectivity index (χ1v) is 9.91. The summed E-state index contributed by atoms with van der Waals surface area (Å²) in [5, 5.41) is -0.0881. The molecule has 142 valence electrons. The van der Waals surface area contributed by atoms with Crippen LogP contribution in [0.3, 0.4) is 0 Å². The Morgan fingerprint density at radius 2 is 2.07 bits per heavy atom. The Kier molecular flexibility index (Phi) is 6.35. The number of ether oxygens (including phenoxy) is 2. The van der Waals surface area contributed by atoms with E-state index in [1.807, 2.05) is 0 Å². The molecule has 0 unspecified atom stereocenters. The van der Waals surface area contributed by atoms with Crippen molar-refractivity contribution >= 4 is 62.2 Å². The van der Waals surface area contributed by atoms with E-state index in [-0.39, 0.29) is 11.5 Å². The molecule has 8 heteroatoms. The molecule has 0 spiro atoms. The number of benzene rings is 2. The Hall–Kier alpha value is -2.40. The summed E-state index contributed by atoms with van der Waals surface area (Å²) in [5.41, 5.74) is 1.01. The summed E-state index contributed by atoms with van der Waals surface area (Å²) in [7, 11) is 1.50. The first-order valence-electron chi connectivity index (χ1n) is 7.92. The molecule has 0 N–H and O–H groups in total. The molecule has 1 aliphatic heterocycles. The first-order chi connectivity index (χ1) is 13.5. The Bertz CT molecular complexity index is 1030. The number of anilines is 1. The number of amides is 2. The number of hydrogen-bond donors (Lipinski definition) is 0. The van der Waals surface area contributed by atoms with E-state index < -0.39 is 11.1 Å². The second-order valence-electron chi connectivity index (χ2n) is 5.50. The molecule has 2 aromatic rings. The number of halogens is 2. The average molecular weight is 479 g/mol. The molecule has 28 heavy (non-hydrogen) atoms. The van der Waals surface area contributed by atoms with Crippen LogP contribution < -0.4 is 14.4 Å². The van der Waals surface area contributed by atoms with E-state index in [0.717, 1.165) is 16.7 Å². The van der Waals surface area contributed by atoms with Crippen molar-refractivity contribution in [3.8, 4) is 23.8 Å². The molecule has 0 atom stereocenters. The molecule has 1 aliphatic rings. The van der Waals surface area contributed by atoms with Gasteiger partial charge in [-0.15, -0.1) is 6.42 Å². The topological polar surface area (TPSA) is 55.8 Å². The number of hydrogen-bond acceptors (Lipinski definition) is 5. The highest BCUT2D eigenvalue weighted by molar-refractivity contribution is 9.10. The first kappa shape index (κ1) is 20.3. The van der Waals surface area contributed by atoms with Gasteiger partial charge in [0.25, 0.3) is 11.1 Å². The maximum absolute atomic E-state index is 12.8. The SMILES string of the molecule is C#CCOc1c(Br)cc(/C=C2\SC(=O)N(c3ccccc3Cl)C2=O)cc1OC. The van der Waals surface area contributed by atoms with Gasteiger partial charge >= 0.3 is 0 Å². The van der Waals surface area contributed by atoms with Crippen LogP contribution in [0.25, 0.3) is 6.08 Å². The van der Waals surface area contributed by atoms with Crippen LogP contribution in [0.15, 0.2) is 45.8 Å². The van der Waals surface area contributed by atoms with Crippen molar-refractivity contribution < 1.29 is 19.1 Å². The third-order valence-electron chi connectivity index (χ3n) is 3.74. The number of carbonyl (C=O) groups excluding carboxylic acids is 2. The summed E-state index contributed by atoms with van der Waals surface area (Å²) < 4.78 is 11.4. The number of rotatable bonds is 5. The molecule has 0 saturated carbocycles. The molecule has 1 fully saturated rings. The van der Waals surface area contributed by atoms with Gasteiger partial charge in [0.2, 0.25) is 0 Å². The Labute approximate surface area is 179 Å². The summed E-state index contributed by atoms with van der Waals surface area (Å²) in [6.07, 6.45) is 6.84. The summed E-state index contributed by atoms with van der Waals surface area (Å²) in [6, 6.07) is 10.1. The molecule has 0 aliphatic carbocycles. The fourth-order valence-electron chi connectivity index (χ4n) is 2.54. The van der Waals surface area contributed by atoms with Crippen molar-refractivity contribution in [3.63, 3.8) is 0 Å². The van der Waals surface area contributed by atoms with Gasteiger partial charge in [-0.1, -0.05) is 29.7 Å². The van der Waals surface area contributed by atoms with Gasteiger partial charge < -0.3 is 9.47 Å². The van der Waals surface area contributed by atoms with Crippen LogP contribution in [-0.4, -0.2) is 24.9 Å². The molecular formula is C20H13BrClNO4S. The van der Waals surface area contributed by atoms with Crippen LogP contribution in [0, 0.1) is 12.3 Å². The van der Waals surface area contributed by atoms with Crippen LogP contribution in [0.2, 0.25) is 5.02 Å². The van der Waals surface area contributed by atoms with Crippen molar-refractivity contribution in [2.24, 2.45) is 0 Å². The third-order valence-corrected chi connectivity index (χ3v) is 5.51. The van der Waals surface area contributed by atoms with Crippen LogP contribution in [0.1, 0.15) is 5.56 Å².